The predicted octanol–water partition coefficient (Wildman–Crippen LogP) is 2.20. The second-order valence-electron chi connectivity index (χ2n) is 6.66. The number of fused-ring (bicyclic) bond motifs is 1. The minimum absolute atomic E-state index is 0. The molecule has 0 spiro atoms. The zero-order valence-corrected chi connectivity index (χ0v) is 16.6. The number of nitrogens with one attached hydrogen (secondary N) is 1. The Hall–Kier alpha value is -2.02. The molecule has 8 heteroatoms. The van der Waals surface area contributed by atoms with Crippen LogP contribution in [0.5, 0.6) is 0 Å². The van der Waals surface area contributed by atoms with E-state index in [0.717, 1.165) is 49.8 Å². The molecule has 4 rings (SSSR count). The third kappa shape index (κ3) is 4.46. The van der Waals surface area contributed by atoms with Crippen molar-refractivity contribution < 1.29 is 5.10 Å². The van der Waals surface area contributed by atoms with Crippen molar-refractivity contribution in [3.05, 3.63) is 64.2 Å². The number of aromatic nitrogens is 3. The zero-order chi connectivity index (χ0) is 17.9. The highest BCUT2D eigenvalue weighted by Crippen LogP contribution is 2.20. The number of anilines is 1. The van der Waals surface area contributed by atoms with Crippen molar-refractivity contribution in [2.75, 3.05) is 37.6 Å². The highest BCUT2D eigenvalue weighted by Gasteiger charge is 2.18. The first-order valence-electron chi connectivity index (χ1n) is 9.03. The SMILES string of the molecule is Cl.O=c1n(CCCN2CCN(c3cccc(Cl)c3)CC2)[nH+]c2ccccn12. The van der Waals surface area contributed by atoms with Crippen molar-refractivity contribution in [2.45, 2.75) is 13.0 Å². The number of pyridine rings is 1. The minimum atomic E-state index is -0.00799. The number of aromatic amines is 1. The summed E-state index contributed by atoms with van der Waals surface area (Å²) in [4.78, 5) is 17.1. The van der Waals surface area contributed by atoms with Crippen molar-refractivity contribution >= 4 is 35.3 Å². The van der Waals surface area contributed by atoms with Gasteiger partial charge in [0.25, 0.3) is 0 Å². The van der Waals surface area contributed by atoms with Gasteiger partial charge in [-0.25, -0.2) is 4.79 Å². The van der Waals surface area contributed by atoms with Crippen LogP contribution in [0.15, 0.2) is 53.5 Å². The van der Waals surface area contributed by atoms with Crippen molar-refractivity contribution in [3.8, 4) is 0 Å². The van der Waals surface area contributed by atoms with E-state index in [-0.39, 0.29) is 18.1 Å². The summed E-state index contributed by atoms with van der Waals surface area (Å²) in [5.41, 5.74) is 2.01. The lowest BCUT2D eigenvalue weighted by Gasteiger charge is -2.36. The molecule has 1 aliphatic heterocycles. The number of H-pyrrole nitrogens is 1. The topological polar surface area (TPSA) is 47.0 Å². The van der Waals surface area contributed by atoms with E-state index in [0.29, 0.717) is 6.54 Å². The Morgan fingerprint density at radius 3 is 2.56 bits per heavy atom. The molecular formula is C19H24Cl2N5O+. The second-order valence-corrected chi connectivity index (χ2v) is 7.10. The number of hydrogen-bond donors (Lipinski definition) is 0. The van der Waals surface area contributed by atoms with Crippen molar-refractivity contribution in [2.24, 2.45) is 0 Å². The van der Waals surface area contributed by atoms with Crippen molar-refractivity contribution in [1.82, 2.24) is 14.0 Å². The van der Waals surface area contributed by atoms with Crippen LogP contribution in [-0.2, 0) is 6.54 Å². The van der Waals surface area contributed by atoms with Crippen molar-refractivity contribution in [3.63, 3.8) is 0 Å². The summed E-state index contributed by atoms with van der Waals surface area (Å²) < 4.78 is 3.33. The molecule has 0 atom stereocenters. The van der Waals surface area contributed by atoms with Crippen LogP contribution in [-0.4, -0.2) is 46.7 Å². The smallest absolute Gasteiger partial charge is 0.369 e. The van der Waals surface area contributed by atoms with Gasteiger partial charge in [0.15, 0.2) is 0 Å². The molecule has 3 aromatic rings. The molecule has 2 aromatic heterocycles. The molecule has 1 saturated heterocycles. The molecule has 0 radical (unpaired) electrons. The Labute approximate surface area is 169 Å². The van der Waals surface area contributed by atoms with E-state index >= 15 is 0 Å². The Bertz CT molecular complexity index is 946. The van der Waals surface area contributed by atoms with Crippen LogP contribution >= 0.6 is 24.0 Å². The average Bonchev–Trinajstić information content (AvgIpc) is 2.99. The molecule has 0 amide bonds. The van der Waals surface area contributed by atoms with E-state index in [2.05, 4.69) is 21.0 Å². The van der Waals surface area contributed by atoms with Gasteiger partial charge in [0.05, 0.1) is 6.54 Å². The van der Waals surface area contributed by atoms with Crippen LogP contribution in [0.1, 0.15) is 6.42 Å². The molecule has 27 heavy (non-hydrogen) atoms. The van der Waals surface area contributed by atoms with E-state index in [1.807, 2.05) is 36.4 Å². The molecule has 0 unspecified atom stereocenters. The van der Waals surface area contributed by atoms with Gasteiger partial charge in [-0.05, 0) is 30.7 Å². The fraction of sp³-hybridized carbons (Fsp3) is 0.368. The van der Waals surface area contributed by atoms with Gasteiger partial charge in [-0.2, -0.15) is 5.10 Å². The maximum Gasteiger partial charge on any atom is 0.451 e. The monoisotopic (exact) mass is 408 g/mol. The highest BCUT2D eigenvalue weighted by atomic mass is 35.5. The van der Waals surface area contributed by atoms with Crippen LogP contribution in [0.25, 0.3) is 5.65 Å². The first kappa shape index (κ1) is 19.7. The lowest BCUT2D eigenvalue weighted by molar-refractivity contribution is -0.465. The van der Waals surface area contributed by atoms with Gasteiger partial charge in [-0.15, -0.1) is 21.5 Å². The van der Waals surface area contributed by atoms with E-state index in [4.69, 9.17) is 11.6 Å². The van der Waals surface area contributed by atoms with Gasteiger partial charge >= 0.3 is 11.3 Å². The first-order valence-corrected chi connectivity index (χ1v) is 9.40. The second kappa shape index (κ2) is 8.78. The lowest BCUT2D eigenvalue weighted by atomic mass is 10.2. The molecular weight excluding hydrogens is 385 g/mol. The summed E-state index contributed by atoms with van der Waals surface area (Å²) in [5.74, 6) is 0. The van der Waals surface area contributed by atoms with Crippen LogP contribution in [0.4, 0.5) is 5.69 Å². The van der Waals surface area contributed by atoms with Crippen LogP contribution < -0.4 is 15.7 Å². The molecule has 1 aromatic carbocycles. The number of aryl methyl sites for hydroxylation is 1. The molecule has 1 N–H and O–H groups in total. The Balaban J connectivity index is 0.00000210. The van der Waals surface area contributed by atoms with Gasteiger partial charge in [0.2, 0.25) is 0 Å². The number of benzene rings is 1. The summed E-state index contributed by atoms with van der Waals surface area (Å²) >= 11 is 6.09. The highest BCUT2D eigenvalue weighted by molar-refractivity contribution is 6.30. The first-order chi connectivity index (χ1) is 12.7. The van der Waals surface area contributed by atoms with Crippen LogP contribution in [0.2, 0.25) is 5.02 Å². The van der Waals surface area contributed by atoms with Crippen LogP contribution in [0.3, 0.4) is 0 Å². The minimum Gasteiger partial charge on any atom is -0.369 e. The third-order valence-electron chi connectivity index (χ3n) is 4.95. The van der Waals surface area contributed by atoms with E-state index < -0.39 is 0 Å². The van der Waals surface area contributed by atoms with Gasteiger partial charge in [0.1, 0.15) is 6.20 Å². The fourth-order valence-electron chi connectivity index (χ4n) is 3.52. The molecule has 1 aliphatic rings. The van der Waals surface area contributed by atoms with E-state index in [9.17, 15) is 4.79 Å². The maximum atomic E-state index is 12.3. The number of hydrogen-bond acceptors (Lipinski definition) is 3. The zero-order valence-electron chi connectivity index (χ0n) is 15.1. The molecule has 0 bridgehead atoms. The van der Waals surface area contributed by atoms with Crippen molar-refractivity contribution in [1.29, 1.82) is 0 Å². The van der Waals surface area contributed by atoms with Crippen LogP contribution in [0, 0.1) is 0 Å². The fourth-order valence-corrected chi connectivity index (χ4v) is 3.71. The Morgan fingerprint density at radius 2 is 1.81 bits per heavy atom. The Kier molecular flexibility index (Phi) is 6.42. The van der Waals surface area contributed by atoms with Gasteiger partial charge in [-0.1, -0.05) is 23.7 Å². The summed E-state index contributed by atoms with van der Waals surface area (Å²) in [6.45, 7) is 5.77. The number of rotatable bonds is 5. The predicted molar refractivity (Wildman–Crippen MR) is 110 cm³/mol. The molecule has 0 aliphatic carbocycles. The van der Waals surface area contributed by atoms with E-state index in [1.54, 1.807) is 15.3 Å². The molecule has 3 heterocycles. The third-order valence-corrected chi connectivity index (χ3v) is 5.18. The summed E-state index contributed by atoms with van der Waals surface area (Å²) in [6.07, 6.45) is 2.74. The number of halogens is 2. The Morgan fingerprint density at radius 1 is 1.00 bits per heavy atom. The normalized spacial score (nSPS) is 15.1. The molecule has 1 fully saturated rings. The van der Waals surface area contributed by atoms with E-state index in [1.165, 1.54) is 5.69 Å². The summed E-state index contributed by atoms with van der Waals surface area (Å²) in [5, 5.41) is 3.95. The summed E-state index contributed by atoms with van der Waals surface area (Å²) in [6, 6.07) is 13.7. The lowest BCUT2D eigenvalue weighted by Crippen LogP contribution is -2.47. The molecule has 0 saturated carbocycles. The maximum absolute atomic E-state index is 12.3. The molecule has 144 valence electrons. The number of piperazine rings is 1. The standard InChI is InChI=1S/C19H22ClN5O.ClH/c20-16-5-3-6-17(15-16)23-13-11-22(12-14-23)8-4-10-25-19(26)24-9-2-1-7-18(24)21-25;/h1-3,5-7,9,15H,4,8,10-14H2;1H/p+1. The number of nitrogens with zero attached hydrogens (tertiary/aromatic N) is 4. The average molecular weight is 409 g/mol. The summed E-state index contributed by atoms with van der Waals surface area (Å²) in [7, 11) is 0. The quantitative estimate of drug-likeness (QED) is 0.649. The largest absolute Gasteiger partial charge is 0.451 e. The molecule has 6 nitrogen and oxygen atoms in total. The van der Waals surface area contributed by atoms with Gasteiger partial charge < -0.3 is 4.90 Å². The van der Waals surface area contributed by atoms with Gasteiger partial charge in [0, 0.05) is 49.5 Å². The van der Waals surface area contributed by atoms with Gasteiger partial charge in [-0.3, -0.25) is 4.90 Å².